The molecule has 200 valence electrons. The number of fused-ring (bicyclic) bond motifs is 1. The molecule has 0 saturated carbocycles. The van der Waals surface area contributed by atoms with Gasteiger partial charge in [-0.3, -0.25) is 19.3 Å². The molecule has 2 heterocycles. The molecule has 3 atom stereocenters. The van der Waals surface area contributed by atoms with Crippen molar-refractivity contribution in [1.82, 2.24) is 15.1 Å². The summed E-state index contributed by atoms with van der Waals surface area (Å²) in [7, 11) is 2.97. The lowest BCUT2D eigenvalue weighted by Crippen LogP contribution is -2.70. The smallest absolute Gasteiger partial charge is 0.445 e. The molecule has 0 aromatic heterocycles. The number of rotatable bonds is 10. The first-order valence-electron chi connectivity index (χ1n) is 10.8. The summed E-state index contributed by atoms with van der Waals surface area (Å²) in [5.74, 6) is -2.40. The summed E-state index contributed by atoms with van der Waals surface area (Å²) in [5, 5.41) is 1.86. The average Bonchev–Trinajstić information content (AvgIpc) is 2.79. The van der Waals surface area contributed by atoms with E-state index in [1.807, 2.05) is 0 Å². The first kappa shape index (κ1) is 29.4. The first-order valence-corrected chi connectivity index (χ1v) is 13.0. The third-order valence-corrected chi connectivity index (χ3v) is 6.63. The normalized spacial score (nSPS) is 19.5. The molecule has 15 heteroatoms. The number of nitrogens with zero attached hydrogens (tertiary/aromatic N) is 2. The van der Waals surface area contributed by atoms with Crippen molar-refractivity contribution in [1.29, 1.82) is 0 Å². The van der Waals surface area contributed by atoms with Gasteiger partial charge in [0.25, 0.3) is 5.91 Å². The zero-order valence-electron chi connectivity index (χ0n) is 20.4. The van der Waals surface area contributed by atoms with E-state index < -0.39 is 60.3 Å². The summed E-state index contributed by atoms with van der Waals surface area (Å²) in [4.78, 5) is 75.5. The maximum absolute atomic E-state index is 13.0. The van der Waals surface area contributed by atoms with Crippen LogP contribution in [0, 0.1) is 0 Å². The molecule has 2 aliphatic heterocycles. The summed E-state index contributed by atoms with van der Waals surface area (Å²) in [5.41, 5.74) is 0.117. The summed E-state index contributed by atoms with van der Waals surface area (Å²) < 4.78 is 20.1. The van der Waals surface area contributed by atoms with Gasteiger partial charge in [0.2, 0.25) is 12.2 Å². The van der Waals surface area contributed by atoms with Crippen LogP contribution in [0.3, 0.4) is 0 Å². The minimum Gasteiger partial charge on any atom is -0.445 e. The van der Waals surface area contributed by atoms with Gasteiger partial charge in [-0.25, -0.2) is 14.4 Å². The van der Waals surface area contributed by atoms with Crippen LogP contribution < -0.4 is 5.32 Å². The van der Waals surface area contributed by atoms with E-state index in [9.17, 15) is 28.8 Å². The summed E-state index contributed by atoms with van der Waals surface area (Å²) in [6.07, 6.45) is -3.90. The van der Waals surface area contributed by atoms with Crippen molar-refractivity contribution in [2.45, 2.75) is 51.0 Å². The number of halogens is 1. The second-order valence-electron chi connectivity index (χ2n) is 8.21. The monoisotopic (exact) mass is 593 g/mol. The average molecular weight is 594 g/mol. The molecule has 0 aromatic carbocycles. The molecule has 2 aliphatic rings. The van der Waals surface area contributed by atoms with Crippen LogP contribution in [0.2, 0.25) is 0 Å². The third kappa shape index (κ3) is 7.59. The van der Waals surface area contributed by atoms with Crippen LogP contribution in [0.5, 0.6) is 0 Å². The lowest BCUT2D eigenvalue weighted by atomic mass is 10.0. The molecule has 2 rings (SSSR count). The van der Waals surface area contributed by atoms with Gasteiger partial charge in [0.05, 0.1) is 17.9 Å². The molecule has 0 bridgehead atoms. The Morgan fingerprint density at radius 2 is 1.81 bits per heavy atom. The van der Waals surface area contributed by atoms with E-state index in [0.717, 1.165) is 4.90 Å². The van der Waals surface area contributed by atoms with Crippen molar-refractivity contribution < 1.29 is 47.7 Å². The van der Waals surface area contributed by atoms with Crippen molar-refractivity contribution in [2.75, 3.05) is 31.8 Å². The van der Waals surface area contributed by atoms with Crippen molar-refractivity contribution in [3.63, 3.8) is 0 Å². The van der Waals surface area contributed by atoms with Gasteiger partial charge < -0.3 is 29.2 Å². The predicted molar refractivity (Wildman–Crippen MR) is 129 cm³/mol. The maximum Gasteiger partial charge on any atom is 0.511 e. The standard InChI is InChI=1S/C21H28BrN3O10S/c1-10(2)33-21(31)35-11(3)34-19(29)16-12(8-32-20(30)24(4)5)9-36-18-15(17(28)25(16)18)23-14(27)6-13(26)7-22/h10-11,15,18H,6-9H2,1-5H3,(H,23,27)/t11-,15-,18-/m1/s1. The van der Waals surface area contributed by atoms with Crippen LogP contribution in [0.1, 0.15) is 27.2 Å². The maximum atomic E-state index is 13.0. The molecule has 0 radical (unpaired) electrons. The predicted octanol–water partition coefficient (Wildman–Crippen LogP) is 1.14. The van der Waals surface area contributed by atoms with Crippen LogP contribution in [0.4, 0.5) is 9.59 Å². The number of carbonyl (C=O) groups is 6. The van der Waals surface area contributed by atoms with Gasteiger partial charge in [-0.2, -0.15) is 0 Å². The van der Waals surface area contributed by atoms with Crippen molar-refractivity contribution >= 4 is 63.5 Å². The van der Waals surface area contributed by atoms with Gasteiger partial charge in [0.1, 0.15) is 23.7 Å². The minimum atomic E-state index is -1.35. The minimum absolute atomic E-state index is 0.00204. The number of alkyl halides is 1. The largest absolute Gasteiger partial charge is 0.511 e. The molecule has 3 amide bonds. The number of esters is 1. The van der Waals surface area contributed by atoms with Crippen LogP contribution in [0.15, 0.2) is 11.3 Å². The molecule has 1 N–H and O–H groups in total. The fourth-order valence-corrected chi connectivity index (χ4v) is 4.62. The lowest BCUT2D eigenvalue weighted by Gasteiger charge is -2.49. The lowest BCUT2D eigenvalue weighted by molar-refractivity contribution is -0.169. The number of hydrogen-bond acceptors (Lipinski definition) is 11. The van der Waals surface area contributed by atoms with E-state index in [0.29, 0.717) is 5.57 Å². The van der Waals surface area contributed by atoms with E-state index >= 15 is 0 Å². The van der Waals surface area contributed by atoms with E-state index in [1.54, 1.807) is 13.8 Å². The number of carbonyl (C=O) groups excluding carboxylic acids is 6. The van der Waals surface area contributed by atoms with Crippen molar-refractivity contribution in [3.8, 4) is 0 Å². The molecule has 0 unspecified atom stereocenters. The Morgan fingerprint density at radius 1 is 1.14 bits per heavy atom. The Bertz CT molecular complexity index is 954. The Balaban J connectivity index is 2.20. The van der Waals surface area contributed by atoms with Gasteiger partial charge in [-0.15, -0.1) is 11.8 Å². The number of ether oxygens (including phenoxy) is 4. The molecule has 1 fully saturated rings. The highest BCUT2D eigenvalue weighted by atomic mass is 79.9. The topological polar surface area (TPSA) is 158 Å². The van der Waals surface area contributed by atoms with E-state index in [-0.39, 0.29) is 29.2 Å². The van der Waals surface area contributed by atoms with Crippen molar-refractivity contribution in [3.05, 3.63) is 11.3 Å². The summed E-state index contributed by atoms with van der Waals surface area (Å²) >= 11 is 4.21. The Kier molecular flexibility index (Phi) is 10.6. The summed E-state index contributed by atoms with van der Waals surface area (Å²) in [6, 6.07) is -0.964. The number of hydrogen-bond donors (Lipinski definition) is 1. The van der Waals surface area contributed by atoms with Crippen molar-refractivity contribution in [2.24, 2.45) is 0 Å². The van der Waals surface area contributed by atoms with E-state index in [1.165, 1.54) is 37.7 Å². The van der Waals surface area contributed by atoms with Crippen LogP contribution in [-0.2, 0) is 38.1 Å². The molecule has 36 heavy (non-hydrogen) atoms. The Morgan fingerprint density at radius 3 is 2.39 bits per heavy atom. The number of ketones is 1. The van der Waals surface area contributed by atoms with Gasteiger partial charge in [-0.05, 0) is 13.8 Å². The van der Waals surface area contributed by atoms with Gasteiger partial charge in [0.15, 0.2) is 5.78 Å². The summed E-state index contributed by atoms with van der Waals surface area (Å²) in [6.45, 7) is 4.23. The zero-order chi connectivity index (χ0) is 27.2. The fraction of sp³-hybridized carbons (Fsp3) is 0.619. The van der Waals surface area contributed by atoms with Gasteiger partial charge in [0, 0.05) is 32.3 Å². The highest BCUT2D eigenvalue weighted by Crippen LogP contribution is 2.41. The van der Waals surface area contributed by atoms with Crippen LogP contribution >= 0.6 is 27.7 Å². The van der Waals surface area contributed by atoms with Gasteiger partial charge in [-0.1, -0.05) is 15.9 Å². The second-order valence-corrected chi connectivity index (χ2v) is 9.88. The molecule has 0 spiro atoms. The Hall–Kier alpha value is -2.81. The Labute approximate surface area is 220 Å². The molecular formula is C21H28BrN3O10S. The molecular weight excluding hydrogens is 566 g/mol. The number of β-lactam (4-membered cyclic amide) rings is 1. The number of Topliss-reactive ketones (excluding diaryl/α,β-unsaturated/α-hetero) is 1. The number of amides is 3. The number of thioether (sulfide) groups is 1. The molecule has 0 aromatic rings. The quantitative estimate of drug-likeness (QED) is 0.0966. The molecule has 0 aliphatic carbocycles. The number of nitrogens with one attached hydrogen (secondary N) is 1. The molecule has 13 nitrogen and oxygen atoms in total. The first-order chi connectivity index (χ1) is 16.8. The third-order valence-electron chi connectivity index (χ3n) is 4.67. The molecule has 1 saturated heterocycles. The van der Waals surface area contributed by atoms with Gasteiger partial charge >= 0.3 is 18.2 Å². The fourth-order valence-electron chi connectivity index (χ4n) is 3.10. The highest BCUT2D eigenvalue weighted by Gasteiger charge is 2.54. The van der Waals surface area contributed by atoms with Crippen LogP contribution in [-0.4, -0.2) is 101 Å². The highest BCUT2D eigenvalue weighted by molar-refractivity contribution is 9.09. The SMILES string of the molecule is CC(C)OC(=O)O[C@H](C)OC(=O)C1=C(COC(=O)N(C)C)CS[C@@H]2[C@H](NC(=O)CC(=O)CBr)C(=O)N12. The van der Waals surface area contributed by atoms with Crippen LogP contribution in [0.25, 0.3) is 0 Å². The zero-order valence-corrected chi connectivity index (χ0v) is 22.8. The van der Waals surface area contributed by atoms with E-state index in [4.69, 9.17) is 18.9 Å². The van der Waals surface area contributed by atoms with E-state index in [2.05, 4.69) is 21.2 Å². The second kappa shape index (κ2) is 12.9.